The Morgan fingerprint density at radius 2 is 2.04 bits per heavy atom. The second-order valence-electron chi connectivity index (χ2n) is 7.35. The van der Waals surface area contributed by atoms with Crippen LogP contribution in [-0.4, -0.2) is 26.1 Å². The van der Waals surface area contributed by atoms with E-state index < -0.39 is 0 Å². The number of rotatable bonds is 6. The van der Waals surface area contributed by atoms with Crippen molar-refractivity contribution in [1.29, 1.82) is 0 Å². The van der Waals surface area contributed by atoms with Gasteiger partial charge < -0.3 is 9.30 Å². The first kappa shape index (κ1) is 18.3. The fourth-order valence-corrected chi connectivity index (χ4v) is 3.37. The van der Waals surface area contributed by atoms with E-state index in [1.165, 1.54) is 5.56 Å². The molecule has 1 aliphatic carbocycles. The zero-order valence-electron chi connectivity index (χ0n) is 16.4. The van der Waals surface area contributed by atoms with Gasteiger partial charge >= 0.3 is 0 Å². The van der Waals surface area contributed by atoms with E-state index in [2.05, 4.69) is 27.1 Å². The summed E-state index contributed by atoms with van der Waals surface area (Å²) in [7, 11) is 0. The molecule has 3 heterocycles. The predicted octanol–water partition coefficient (Wildman–Crippen LogP) is 3.52. The van der Waals surface area contributed by atoms with Gasteiger partial charge in [-0.2, -0.15) is 4.98 Å². The Balaban J connectivity index is 1.51. The molecule has 0 aromatic carbocycles. The lowest BCUT2D eigenvalue weighted by Crippen LogP contribution is -2.17. The zero-order valence-corrected chi connectivity index (χ0v) is 16.4. The van der Waals surface area contributed by atoms with E-state index in [1.807, 2.05) is 33.0 Å². The summed E-state index contributed by atoms with van der Waals surface area (Å²) in [6, 6.07) is 7.72. The average Bonchev–Trinajstić information content (AvgIpc) is 3.46. The fraction of sp³-hybridized carbons (Fsp3) is 0.364. The first-order valence-corrected chi connectivity index (χ1v) is 9.65. The maximum absolute atomic E-state index is 12.2. The van der Waals surface area contributed by atoms with Crippen LogP contribution in [0.5, 0.6) is 5.88 Å². The Morgan fingerprint density at radius 1 is 1.18 bits per heavy atom. The van der Waals surface area contributed by atoms with Crippen LogP contribution < -0.4 is 10.3 Å². The van der Waals surface area contributed by atoms with Crippen LogP contribution in [0, 0.1) is 19.8 Å². The standard InChI is InChI=1S/C22H24N4O2/c1-4-26-8-7-16(10-21(26)27)19-12-23-15(3)25-22(19)28-13-17-9-18(17)20-6-5-14(2)11-24-20/h5-8,10-12,17-18H,4,9,13H2,1-3H3/t17?,18-/m0/s1. The second-order valence-corrected chi connectivity index (χ2v) is 7.35. The molecule has 1 aliphatic rings. The molecule has 0 amide bonds. The molecule has 1 fully saturated rings. The summed E-state index contributed by atoms with van der Waals surface area (Å²) < 4.78 is 7.74. The van der Waals surface area contributed by atoms with E-state index in [0.29, 0.717) is 36.7 Å². The van der Waals surface area contributed by atoms with E-state index >= 15 is 0 Å². The molecule has 0 spiro atoms. The Bertz CT molecular complexity index is 1040. The molecular formula is C22H24N4O2. The number of aromatic nitrogens is 4. The lowest BCUT2D eigenvalue weighted by atomic mass is 10.1. The van der Waals surface area contributed by atoms with Crippen LogP contribution in [0.2, 0.25) is 0 Å². The van der Waals surface area contributed by atoms with E-state index in [4.69, 9.17) is 4.74 Å². The predicted molar refractivity (Wildman–Crippen MR) is 107 cm³/mol. The normalized spacial score (nSPS) is 18.1. The summed E-state index contributed by atoms with van der Waals surface area (Å²) in [6.07, 6.45) is 6.51. The van der Waals surface area contributed by atoms with Gasteiger partial charge in [0.25, 0.3) is 5.56 Å². The Morgan fingerprint density at radius 3 is 2.75 bits per heavy atom. The van der Waals surface area contributed by atoms with Crippen LogP contribution in [0.3, 0.4) is 0 Å². The molecule has 0 radical (unpaired) electrons. The molecule has 6 heteroatoms. The summed E-state index contributed by atoms with van der Waals surface area (Å²) >= 11 is 0. The summed E-state index contributed by atoms with van der Waals surface area (Å²) in [6.45, 7) is 7.04. The minimum Gasteiger partial charge on any atom is -0.477 e. The number of hydrogen-bond donors (Lipinski definition) is 0. The van der Waals surface area contributed by atoms with Gasteiger partial charge in [0.05, 0.1) is 12.2 Å². The van der Waals surface area contributed by atoms with Gasteiger partial charge in [0.2, 0.25) is 5.88 Å². The van der Waals surface area contributed by atoms with E-state index in [1.54, 1.807) is 23.0 Å². The molecule has 0 aliphatic heterocycles. The van der Waals surface area contributed by atoms with Crippen molar-refractivity contribution in [2.24, 2.45) is 5.92 Å². The molecular weight excluding hydrogens is 352 g/mol. The van der Waals surface area contributed by atoms with Crippen LogP contribution in [0.25, 0.3) is 11.1 Å². The van der Waals surface area contributed by atoms with Gasteiger partial charge in [0.1, 0.15) is 5.82 Å². The monoisotopic (exact) mass is 376 g/mol. The summed E-state index contributed by atoms with van der Waals surface area (Å²) in [4.78, 5) is 25.5. The van der Waals surface area contributed by atoms with E-state index in [-0.39, 0.29) is 5.56 Å². The summed E-state index contributed by atoms with van der Waals surface area (Å²) in [5, 5.41) is 0. The molecule has 144 valence electrons. The number of nitrogens with zero attached hydrogens (tertiary/aromatic N) is 4. The Hall–Kier alpha value is -3.02. The molecule has 4 rings (SSSR count). The Labute approximate surface area is 164 Å². The number of hydrogen-bond acceptors (Lipinski definition) is 5. The summed E-state index contributed by atoms with van der Waals surface area (Å²) in [5.41, 5.74) is 3.78. The molecule has 6 nitrogen and oxygen atoms in total. The smallest absolute Gasteiger partial charge is 0.251 e. The lowest BCUT2D eigenvalue weighted by Gasteiger charge is -2.11. The van der Waals surface area contributed by atoms with Crippen molar-refractivity contribution < 1.29 is 4.74 Å². The van der Waals surface area contributed by atoms with Crippen molar-refractivity contribution in [3.8, 4) is 17.0 Å². The van der Waals surface area contributed by atoms with E-state index in [0.717, 1.165) is 23.2 Å². The van der Waals surface area contributed by atoms with Crippen molar-refractivity contribution in [3.05, 3.63) is 70.3 Å². The SMILES string of the molecule is CCn1ccc(-c2cnc(C)nc2OCC2C[C@@H]2c2ccc(C)cn2)cc1=O. The van der Waals surface area contributed by atoms with Gasteiger partial charge in [0, 0.05) is 48.7 Å². The van der Waals surface area contributed by atoms with Crippen LogP contribution >= 0.6 is 0 Å². The quantitative estimate of drug-likeness (QED) is 0.658. The third kappa shape index (κ3) is 3.81. The summed E-state index contributed by atoms with van der Waals surface area (Å²) in [5.74, 6) is 2.06. The van der Waals surface area contributed by atoms with Crippen LogP contribution in [-0.2, 0) is 6.54 Å². The minimum absolute atomic E-state index is 0.0424. The van der Waals surface area contributed by atoms with Crippen LogP contribution in [0.15, 0.2) is 47.7 Å². The lowest BCUT2D eigenvalue weighted by molar-refractivity contribution is 0.285. The van der Waals surface area contributed by atoms with Crippen LogP contribution in [0.1, 0.15) is 36.3 Å². The molecule has 0 bridgehead atoms. The van der Waals surface area contributed by atoms with Gasteiger partial charge in [-0.15, -0.1) is 0 Å². The number of pyridine rings is 2. The maximum Gasteiger partial charge on any atom is 0.251 e. The molecule has 2 atom stereocenters. The molecule has 1 unspecified atom stereocenters. The third-order valence-electron chi connectivity index (χ3n) is 5.19. The fourth-order valence-electron chi connectivity index (χ4n) is 3.37. The molecule has 1 saturated carbocycles. The van der Waals surface area contributed by atoms with Crippen molar-refractivity contribution in [2.75, 3.05) is 6.61 Å². The first-order valence-electron chi connectivity index (χ1n) is 9.65. The number of ether oxygens (including phenoxy) is 1. The van der Waals surface area contributed by atoms with E-state index in [9.17, 15) is 4.79 Å². The molecule has 3 aromatic heterocycles. The number of aryl methyl sites for hydroxylation is 3. The van der Waals surface area contributed by atoms with Crippen LogP contribution in [0.4, 0.5) is 0 Å². The van der Waals surface area contributed by atoms with Gasteiger partial charge in [-0.3, -0.25) is 9.78 Å². The Kier molecular flexibility index (Phi) is 4.94. The minimum atomic E-state index is -0.0424. The molecule has 0 saturated heterocycles. The highest BCUT2D eigenvalue weighted by molar-refractivity contribution is 5.67. The zero-order chi connectivity index (χ0) is 19.7. The van der Waals surface area contributed by atoms with Gasteiger partial charge in [-0.1, -0.05) is 6.07 Å². The highest BCUT2D eigenvalue weighted by atomic mass is 16.5. The van der Waals surface area contributed by atoms with Crippen molar-refractivity contribution >= 4 is 0 Å². The van der Waals surface area contributed by atoms with Crippen molar-refractivity contribution in [3.63, 3.8) is 0 Å². The van der Waals surface area contributed by atoms with Gasteiger partial charge in [0.15, 0.2) is 0 Å². The van der Waals surface area contributed by atoms with Crippen molar-refractivity contribution in [2.45, 2.75) is 39.7 Å². The topological polar surface area (TPSA) is 69.9 Å². The highest BCUT2D eigenvalue weighted by Gasteiger charge is 2.40. The van der Waals surface area contributed by atoms with Gasteiger partial charge in [-0.25, -0.2) is 4.98 Å². The highest BCUT2D eigenvalue weighted by Crippen LogP contribution is 2.47. The van der Waals surface area contributed by atoms with Gasteiger partial charge in [-0.05, 0) is 50.5 Å². The third-order valence-corrected chi connectivity index (χ3v) is 5.19. The largest absolute Gasteiger partial charge is 0.477 e. The molecule has 28 heavy (non-hydrogen) atoms. The maximum atomic E-state index is 12.2. The second kappa shape index (κ2) is 7.54. The first-order chi connectivity index (χ1) is 13.5. The van der Waals surface area contributed by atoms with Crippen molar-refractivity contribution in [1.82, 2.24) is 19.5 Å². The molecule has 3 aromatic rings. The molecule has 0 N–H and O–H groups in total. The average molecular weight is 376 g/mol.